The van der Waals surface area contributed by atoms with Crippen LogP contribution in [-0.4, -0.2) is 27.3 Å². The lowest BCUT2D eigenvalue weighted by molar-refractivity contribution is 0.0970. The van der Waals surface area contributed by atoms with Crippen molar-refractivity contribution in [3.8, 4) is 0 Å². The van der Waals surface area contributed by atoms with Gasteiger partial charge in [0.1, 0.15) is 0 Å². The fraction of sp³-hybridized carbons (Fsp3) is 0.765. The maximum atomic E-state index is 12.3. The molecule has 2 rings (SSSR count). The molecule has 0 aliphatic heterocycles. The largest absolute Gasteiger partial charge is 0.394 e. The molecule has 1 N–H and O–H groups in total. The topological polar surface area (TPSA) is 55.1 Å². The van der Waals surface area contributed by atoms with Crippen molar-refractivity contribution >= 4 is 5.78 Å². The fourth-order valence-electron chi connectivity index (χ4n) is 3.54. The average molecular weight is 292 g/mol. The number of aliphatic hydroxyl groups excluding tert-OH is 1. The first-order chi connectivity index (χ1) is 9.81. The van der Waals surface area contributed by atoms with Crippen LogP contribution in [0.4, 0.5) is 0 Å². The van der Waals surface area contributed by atoms with Gasteiger partial charge in [0.25, 0.3) is 0 Å². The summed E-state index contributed by atoms with van der Waals surface area (Å²) in [4.78, 5) is 12.3. The molecule has 0 radical (unpaired) electrons. The predicted molar refractivity (Wildman–Crippen MR) is 83.5 cm³/mol. The van der Waals surface area contributed by atoms with Crippen molar-refractivity contribution in [2.45, 2.75) is 66.3 Å². The van der Waals surface area contributed by atoms with Gasteiger partial charge in [-0.1, -0.05) is 27.7 Å². The number of Topliss-reactive ketones (excluding diaryl/α,β-unsaturated/α-hetero) is 1. The molecule has 0 saturated carbocycles. The number of fused-ring (bicyclic) bond motifs is 1. The maximum Gasteiger partial charge on any atom is 0.166 e. The molecule has 1 aliphatic carbocycles. The van der Waals surface area contributed by atoms with Crippen molar-refractivity contribution in [1.29, 1.82) is 0 Å². The number of aromatic nitrogens is 2. The first-order valence-electron chi connectivity index (χ1n) is 8.04. The highest BCUT2D eigenvalue weighted by atomic mass is 16.3. The van der Waals surface area contributed by atoms with Gasteiger partial charge < -0.3 is 5.11 Å². The molecule has 0 amide bonds. The predicted octanol–water partition coefficient (Wildman–Crippen LogP) is 3.01. The number of hydrogen-bond acceptors (Lipinski definition) is 3. The van der Waals surface area contributed by atoms with Crippen molar-refractivity contribution in [3.05, 3.63) is 17.0 Å². The maximum absolute atomic E-state index is 12.3. The quantitative estimate of drug-likeness (QED) is 0.907. The first-order valence-corrected chi connectivity index (χ1v) is 8.04. The third-order valence-electron chi connectivity index (χ3n) is 4.04. The number of rotatable bonds is 5. The van der Waals surface area contributed by atoms with Crippen molar-refractivity contribution in [2.75, 3.05) is 6.61 Å². The zero-order valence-corrected chi connectivity index (χ0v) is 13.8. The average Bonchev–Trinajstić information content (AvgIpc) is 2.67. The molecule has 1 aliphatic rings. The highest BCUT2D eigenvalue weighted by molar-refractivity contribution is 5.99. The van der Waals surface area contributed by atoms with Gasteiger partial charge in [0, 0.05) is 12.1 Å². The Morgan fingerprint density at radius 2 is 2.05 bits per heavy atom. The molecule has 1 aromatic heterocycles. The van der Waals surface area contributed by atoms with Gasteiger partial charge in [-0.05, 0) is 37.0 Å². The first kappa shape index (κ1) is 16.2. The highest BCUT2D eigenvalue weighted by Gasteiger charge is 2.28. The minimum atomic E-state index is 0.0687. The number of aliphatic hydroxyl groups is 1. The van der Waals surface area contributed by atoms with Crippen LogP contribution in [0.25, 0.3) is 0 Å². The lowest BCUT2D eigenvalue weighted by Crippen LogP contribution is -2.16. The van der Waals surface area contributed by atoms with E-state index in [0.717, 1.165) is 42.6 Å². The summed E-state index contributed by atoms with van der Waals surface area (Å²) in [5.41, 5.74) is 3.13. The van der Waals surface area contributed by atoms with Gasteiger partial charge in [0.2, 0.25) is 0 Å². The Morgan fingerprint density at radius 3 is 2.67 bits per heavy atom. The second-order valence-corrected chi connectivity index (χ2v) is 7.57. The second-order valence-electron chi connectivity index (χ2n) is 7.57. The molecular formula is C17H28N2O2. The Labute approximate surface area is 127 Å². The SMILES string of the molecule is CC(Cc1nn(CCO)c2c1C(=O)CCC2)CC(C)(C)C. The molecule has 0 saturated heterocycles. The smallest absolute Gasteiger partial charge is 0.166 e. The van der Waals surface area contributed by atoms with Crippen molar-refractivity contribution in [1.82, 2.24) is 9.78 Å². The Morgan fingerprint density at radius 1 is 1.33 bits per heavy atom. The van der Waals surface area contributed by atoms with Gasteiger partial charge in [-0.15, -0.1) is 0 Å². The second kappa shape index (κ2) is 6.30. The summed E-state index contributed by atoms with van der Waals surface area (Å²) in [5, 5.41) is 13.8. The number of hydrogen-bond donors (Lipinski definition) is 1. The lowest BCUT2D eigenvalue weighted by Gasteiger charge is -2.23. The monoisotopic (exact) mass is 292 g/mol. The van der Waals surface area contributed by atoms with E-state index in [1.165, 1.54) is 0 Å². The summed E-state index contributed by atoms with van der Waals surface area (Å²) in [5.74, 6) is 0.736. The molecule has 1 atom stereocenters. The van der Waals surface area contributed by atoms with E-state index in [1.807, 2.05) is 4.68 Å². The Hall–Kier alpha value is -1.16. The van der Waals surface area contributed by atoms with E-state index in [9.17, 15) is 9.90 Å². The summed E-state index contributed by atoms with van der Waals surface area (Å²) < 4.78 is 1.85. The molecule has 1 heterocycles. The summed E-state index contributed by atoms with van der Waals surface area (Å²) in [6.45, 7) is 9.52. The van der Waals surface area contributed by atoms with Crippen LogP contribution in [0.1, 0.15) is 68.7 Å². The van der Waals surface area contributed by atoms with Crippen molar-refractivity contribution in [3.63, 3.8) is 0 Å². The van der Waals surface area contributed by atoms with Crippen LogP contribution < -0.4 is 0 Å². The van der Waals surface area contributed by atoms with Gasteiger partial charge in [-0.2, -0.15) is 5.10 Å². The zero-order valence-electron chi connectivity index (χ0n) is 13.8. The van der Waals surface area contributed by atoms with Gasteiger partial charge in [0.05, 0.1) is 24.4 Å². The van der Waals surface area contributed by atoms with E-state index in [2.05, 4.69) is 32.8 Å². The van der Waals surface area contributed by atoms with Crippen LogP contribution in [0.5, 0.6) is 0 Å². The van der Waals surface area contributed by atoms with Crippen LogP contribution in [0, 0.1) is 11.3 Å². The van der Waals surface area contributed by atoms with E-state index in [-0.39, 0.29) is 17.8 Å². The van der Waals surface area contributed by atoms with Gasteiger partial charge in [0.15, 0.2) is 5.78 Å². The molecule has 1 aromatic rings. The third-order valence-corrected chi connectivity index (χ3v) is 4.04. The molecule has 4 heteroatoms. The third kappa shape index (κ3) is 3.94. The van der Waals surface area contributed by atoms with E-state index < -0.39 is 0 Å². The molecule has 0 spiro atoms. The molecule has 21 heavy (non-hydrogen) atoms. The van der Waals surface area contributed by atoms with Crippen molar-refractivity contribution in [2.24, 2.45) is 11.3 Å². The molecule has 4 nitrogen and oxygen atoms in total. The number of carbonyl (C=O) groups excluding carboxylic acids is 1. The fourth-order valence-corrected chi connectivity index (χ4v) is 3.54. The molecule has 0 aromatic carbocycles. The zero-order chi connectivity index (χ0) is 15.6. The Bertz CT molecular complexity index is 512. The van der Waals surface area contributed by atoms with E-state index in [0.29, 0.717) is 18.9 Å². The van der Waals surface area contributed by atoms with E-state index in [1.54, 1.807) is 0 Å². The Kier molecular flexibility index (Phi) is 4.87. The highest BCUT2D eigenvalue weighted by Crippen LogP contribution is 2.30. The van der Waals surface area contributed by atoms with Gasteiger partial charge in [-0.3, -0.25) is 9.48 Å². The summed E-state index contributed by atoms with van der Waals surface area (Å²) in [6.07, 6.45) is 4.41. The van der Waals surface area contributed by atoms with Crippen LogP contribution >= 0.6 is 0 Å². The van der Waals surface area contributed by atoms with E-state index >= 15 is 0 Å². The van der Waals surface area contributed by atoms with Crippen LogP contribution in [0.15, 0.2) is 0 Å². The molecular weight excluding hydrogens is 264 g/mol. The van der Waals surface area contributed by atoms with Crippen molar-refractivity contribution < 1.29 is 9.90 Å². The number of ketones is 1. The lowest BCUT2D eigenvalue weighted by atomic mass is 9.82. The van der Waals surface area contributed by atoms with E-state index in [4.69, 9.17) is 0 Å². The molecule has 0 fully saturated rings. The minimum absolute atomic E-state index is 0.0687. The van der Waals surface area contributed by atoms with Crippen LogP contribution in [0.3, 0.4) is 0 Å². The van der Waals surface area contributed by atoms with Gasteiger partial charge >= 0.3 is 0 Å². The van der Waals surface area contributed by atoms with Crippen LogP contribution in [-0.2, 0) is 19.4 Å². The van der Waals surface area contributed by atoms with Crippen LogP contribution in [0.2, 0.25) is 0 Å². The summed E-state index contributed by atoms with van der Waals surface area (Å²) in [7, 11) is 0. The Balaban J connectivity index is 2.25. The standard InChI is InChI=1S/C17H28N2O2/c1-12(11-17(2,3)4)10-13-16-14(6-5-7-15(16)21)19(18-13)8-9-20/h12,20H,5-11H2,1-4H3. The summed E-state index contributed by atoms with van der Waals surface area (Å²) in [6, 6.07) is 0. The summed E-state index contributed by atoms with van der Waals surface area (Å²) >= 11 is 0. The number of carbonyl (C=O) groups is 1. The molecule has 0 bridgehead atoms. The molecule has 118 valence electrons. The van der Waals surface area contributed by atoms with Gasteiger partial charge in [-0.25, -0.2) is 0 Å². The number of nitrogens with zero attached hydrogens (tertiary/aromatic N) is 2. The normalized spacial score (nSPS) is 16.9. The minimum Gasteiger partial charge on any atom is -0.394 e. The molecule has 1 unspecified atom stereocenters.